The van der Waals surface area contributed by atoms with Crippen molar-refractivity contribution in [1.82, 2.24) is 4.90 Å². The summed E-state index contributed by atoms with van der Waals surface area (Å²) >= 11 is 0. The van der Waals surface area contributed by atoms with Crippen LogP contribution < -0.4 is 0 Å². The molecule has 1 aliphatic carbocycles. The van der Waals surface area contributed by atoms with Crippen molar-refractivity contribution in [1.29, 1.82) is 0 Å². The lowest BCUT2D eigenvalue weighted by Crippen LogP contribution is -2.29. The van der Waals surface area contributed by atoms with Crippen molar-refractivity contribution < 1.29 is 9.84 Å². The van der Waals surface area contributed by atoms with Gasteiger partial charge in [-0.25, -0.2) is 0 Å². The van der Waals surface area contributed by atoms with Gasteiger partial charge in [0.2, 0.25) is 0 Å². The molecule has 3 atom stereocenters. The minimum absolute atomic E-state index is 0.0606. The molecule has 22 heavy (non-hydrogen) atoms. The number of aliphatic hydroxyl groups excluding tert-OH is 1. The molecule has 1 saturated heterocycles. The second-order valence-corrected chi connectivity index (χ2v) is 6.15. The van der Waals surface area contributed by atoms with Gasteiger partial charge in [-0.2, -0.15) is 0 Å². The molecule has 1 aliphatic heterocycles. The lowest BCUT2D eigenvalue weighted by Gasteiger charge is -2.29. The number of hydrogen-bond donors (Lipinski definition) is 1. The minimum Gasteiger partial charge on any atom is -0.394 e. The standard InChI is InChI=1S/C19H21NO2/c21-13-16-12-20(19(22-16)15-7-2-1-3-8-15)18-11-10-14-6-4-5-9-17(14)18/h1-9,16,18-19,21H,10-13H2/t16-,18+,19+/m0/s1. The Labute approximate surface area is 131 Å². The van der Waals surface area contributed by atoms with Crippen LogP contribution in [0.4, 0.5) is 0 Å². The molecule has 0 amide bonds. The van der Waals surface area contributed by atoms with E-state index >= 15 is 0 Å². The first kappa shape index (κ1) is 13.9. The van der Waals surface area contributed by atoms with Crippen molar-refractivity contribution in [3.8, 4) is 0 Å². The fourth-order valence-electron chi connectivity index (χ4n) is 3.79. The zero-order valence-corrected chi connectivity index (χ0v) is 12.6. The summed E-state index contributed by atoms with van der Waals surface area (Å²) in [6.07, 6.45) is 2.10. The van der Waals surface area contributed by atoms with E-state index in [9.17, 15) is 5.11 Å². The van der Waals surface area contributed by atoms with Gasteiger partial charge in [-0.05, 0) is 29.5 Å². The lowest BCUT2D eigenvalue weighted by atomic mass is 10.1. The van der Waals surface area contributed by atoms with Crippen LogP contribution in [0.3, 0.4) is 0 Å². The Balaban J connectivity index is 1.67. The monoisotopic (exact) mass is 295 g/mol. The average Bonchev–Trinajstić information content (AvgIpc) is 3.19. The highest BCUT2D eigenvalue weighted by atomic mass is 16.5. The zero-order valence-electron chi connectivity index (χ0n) is 12.6. The van der Waals surface area contributed by atoms with Crippen LogP contribution in [-0.4, -0.2) is 29.3 Å². The molecule has 0 spiro atoms. The van der Waals surface area contributed by atoms with Gasteiger partial charge in [-0.15, -0.1) is 0 Å². The Morgan fingerprint density at radius 3 is 2.64 bits per heavy atom. The first-order chi connectivity index (χ1) is 10.9. The number of aryl methyl sites for hydroxylation is 1. The summed E-state index contributed by atoms with van der Waals surface area (Å²) in [6, 6.07) is 19.4. The summed E-state index contributed by atoms with van der Waals surface area (Å²) in [5, 5.41) is 9.53. The second kappa shape index (κ2) is 5.84. The van der Waals surface area contributed by atoms with Gasteiger partial charge in [0.1, 0.15) is 6.23 Å². The van der Waals surface area contributed by atoms with Gasteiger partial charge in [0.25, 0.3) is 0 Å². The predicted molar refractivity (Wildman–Crippen MR) is 85.4 cm³/mol. The molecular weight excluding hydrogens is 274 g/mol. The molecule has 0 radical (unpaired) electrons. The van der Waals surface area contributed by atoms with E-state index in [1.165, 1.54) is 16.7 Å². The number of rotatable bonds is 3. The first-order valence-electron chi connectivity index (χ1n) is 8.01. The molecule has 2 aliphatic rings. The highest BCUT2D eigenvalue weighted by molar-refractivity contribution is 5.35. The molecular formula is C19H21NO2. The van der Waals surface area contributed by atoms with E-state index in [2.05, 4.69) is 41.3 Å². The van der Waals surface area contributed by atoms with Crippen molar-refractivity contribution in [2.24, 2.45) is 0 Å². The Kier molecular flexibility index (Phi) is 3.70. The third-order valence-electron chi connectivity index (χ3n) is 4.83. The van der Waals surface area contributed by atoms with Crippen LogP contribution in [0.1, 0.15) is 35.4 Å². The smallest absolute Gasteiger partial charge is 0.137 e. The number of ether oxygens (including phenoxy) is 1. The summed E-state index contributed by atoms with van der Waals surface area (Å²) < 4.78 is 6.11. The molecule has 3 heteroatoms. The maximum Gasteiger partial charge on any atom is 0.137 e. The summed E-state index contributed by atoms with van der Waals surface area (Å²) in [4.78, 5) is 2.42. The van der Waals surface area contributed by atoms with E-state index in [1.54, 1.807) is 0 Å². The minimum atomic E-state index is -0.0991. The highest BCUT2D eigenvalue weighted by Crippen LogP contribution is 2.43. The Bertz CT molecular complexity index is 643. The van der Waals surface area contributed by atoms with Crippen LogP contribution in [0.5, 0.6) is 0 Å². The summed E-state index contributed by atoms with van der Waals surface area (Å²) in [6.45, 7) is 0.864. The Morgan fingerprint density at radius 1 is 1.05 bits per heavy atom. The van der Waals surface area contributed by atoms with Crippen molar-refractivity contribution >= 4 is 0 Å². The maximum absolute atomic E-state index is 9.53. The zero-order chi connectivity index (χ0) is 14.9. The molecule has 114 valence electrons. The van der Waals surface area contributed by atoms with Crippen molar-refractivity contribution in [2.45, 2.75) is 31.2 Å². The maximum atomic E-state index is 9.53. The van der Waals surface area contributed by atoms with Crippen LogP contribution in [0.25, 0.3) is 0 Å². The molecule has 0 saturated carbocycles. The number of fused-ring (bicyclic) bond motifs is 1. The fraction of sp³-hybridized carbons (Fsp3) is 0.368. The van der Waals surface area contributed by atoms with Crippen LogP contribution >= 0.6 is 0 Å². The summed E-state index contributed by atoms with van der Waals surface area (Å²) in [7, 11) is 0. The quantitative estimate of drug-likeness (QED) is 0.944. The molecule has 0 bridgehead atoms. The van der Waals surface area contributed by atoms with Crippen LogP contribution in [0.15, 0.2) is 54.6 Å². The van der Waals surface area contributed by atoms with Gasteiger partial charge in [0.05, 0.1) is 12.7 Å². The van der Waals surface area contributed by atoms with E-state index in [-0.39, 0.29) is 18.9 Å². The van der Waals surface area contributed by atoms with Crippen molar-refractivity contribution in [3.63, 3.8) is 0 Å². The molecule has 1 heterocycles. The van der Waals surface area contributed by atoms with Crippen molar-refractivity contribution in [2.75, 3.05) is 13.2 Å². The predicted octanol–water partition coefficient (Wildman–Crippen LogP) is 3.07. The van der Waals surface area contributed by atoms with E-state index in [0.29, 0.717) is 6.04 Å². The fourth-order valence-corrected chi connectivity index (χ4v) is 3.79. The first-order valence-corrected chi connectivity index (χ1v) is 8.01. The second-order valence-electron chi connectivity index (χ2n) is 6.15. The molecule has 0 aromatic heterocycles. The molecule has 1 N–H and O–H groups in total. The molecule has 4 rings (SSSR count). The molecule has 2 aromatic rings. The van der Waals surface area contributed by atoms with Gasteiger partial charge < -0.3 is 9.84 Å². The molecule has 2 aromatic carbocycles. The molecule has 0 unspecified atom stereocenters. The normalized spacial score (nSPS) is 28.0. The van der Waals surface area contributed by atoms with Gasteiger partial charge in [0.15, 0.2) is 0 Å². The number of nitrogens with zero attached hydrogens (tertiary/aromatic N) is 1. The van der Waals surface area contributed by atoms with E-state index in [0.717, 1.165) is 19.4 Å². The van der Waals surface area contributed by atoms with Crippen molar-refractivity contribution in [3.05, 3.63) is 71.3 Å². The third kappa shape index (κ3) is 2.35. The third-order valence-corrected chi connectivity index (χ3v) is 4.83. The largest absolute Gasteiger partial charge is 0.394 e. The topological polar surface area (TPSA) is 32.7 Å². The van der Waals surface area contributed by atoms with Crippen LogP contribution in [-0.2, 0) is 11.2 Å². The highest BCUT2D eigenvalue weighted by Gasteiger charge is 2.40. The SMILES string of the molecule is OC[C@@H]1CN([C@@H]2CCc3ccccc32)[C@@H](c2ccccc2)O1. The number of hydrogen-bond acceptors (Lipinski definition) is 3. The summed E-state index contributed by atoms with van der Waals surface area (Å²) in [5.41, 5.74) is 4.04. The lowest BCUT2D eigenvalue weighted by molar-refractivity contribution is -0.0306. The molecule has 1 fully saturated rings. The molecule has 3 nitrogen and oxygen atoms in total. The Morgan fingerprint density at radius 2 is 1.82 bits per heavy atom. The van der Waals surface area contributed by atoms with Gasteiger partial charge in [0, 0.05) is 12.6 Å². The van der Waals surface area contributed by atoms with Crippen LogP contribution in [0.2, 0.25) is 0 Å². The van der Waals surface area contributed by atoms with E-state index in [1.807, 2.05) is 18.2 Å². The van der Waals surface area contributed by atoms with Gasteiger partial charge >= 0.3 is 0 Å². The van der Waals surface area contributed by atoms with E-state index < -0.39 is 0 Å². The number of benzene rings is 2. The van der Waals surface area contributed by atoms with Crippen LogP contribution in [0, 0.1) is 0 Å². The Hall–Kier alpha value is -1.68. The van der Waals surface area contributed by atoms with E-state index in [4.69, 9.17) is 4.74 Å². The van der Waals surface area contributed by atoms with Gasteiger partial charge in [-0.3, -0.25) is 4.90 Å². The van der Waals surface area contributed by atoms with Gasteiger partial charge in [-0.1, -0.05) is 54.6 Å². The number of aliphatic hydroxyl groups is 1. The average molecular weight is 295 g/mol. The summed E-state index contributed by atoms with van der Waals surface area (Å²) in [5.74, 6) is 0.